The van der Waals surface area contributed by atoms with E-state index in [9.17, 15) is 4.79 Å². The number of carbonyl (C=O) groups excluding carboxylic acids is 1. The summed E-state index contributed by atoms with van der Waals surface area (Å²) >= 11 is 0. The Hall–Kier alpha value is -4.58. The molecule has 4 aromatic rings. The lowest BCUT2D eigenvalue weighted by molar-refractivity contribution is 0.0945. The molecule has 2 aromatic carbocycles. The Morgan fingerprint density at radius 2 is 1.89 bits per heavy atom. The highest BCUT2D eigenvalue weighted by Gasteiger charge is 2.26. The summed E-state index contributed by atoms with van der Waals surface area (Å²) in [5.74, 6) is 0.327. The van der Waals surface area contributed by atoms with Crippen LogP contribution in [0.1, 0.15) is 45.7 Å². The molecule has 1 aliphatic rings. The van der Waals surface area contributed by atoms with E-state index in [1.54, 1.807) is 6.21 Å². The van der Waals surface area contributed by atoms with Crippen LogP contribution in [0.3, 0.4) is 0 Å². The Morgan fingerprint density at radius 3 is 2.59 bits per heavy atom. The number of ether oxygens (including phenoxy) is 1. The van der Waals surface area contributed by atoms with Gasteiger partial charge in [-0.2, -0.15) is 9.78 Å². The first-order chi connectivity index (χ1) is 18.1. The molecule has 1 saturated heterocycles. The lowest BCUT2D eigenvalue weighted by atomic mass is 10.2. The third-order valence-corrected chi connectivity index (χ3v) is 6.01. The third kappa shape index (κ3) is 5.81. The Kier molecular flexibility index (Phi) is 7.17. The van der Waals surface area contributed by atoms with E-state index >= 15 is 0 Å². The largest absolute Gasteiger partial charge is 0.489 e. The van der Waals surface area contributed by atoms with E-state index in [2.05, 4.69) is 59.7 Å². The molecular formula is C25H27N9O3. The van der Waals surface area contributed by atoms with E-state index in [-0.39, 0.29) is 17.3 Å². The topological polar surface area (TPSA) is 150 Å². The number of likely N-dealkylation sites (tertiary alicyclic amines) is 1. The van der Waals surface area contributed by atoms with Gasteiger partial charge in [0, 0.05) is 6.54 Å². The number of anilines is 1. The number of nitrogens with zero attached hydrogens (tertiary/aromatic N) is 7. The predicted octanol–water partition coefficient (Wildman–Crippen LogP) is 2.48. The van der Waals surface area contributed by atoms with Crippen LogP contribution < -0.4 is 15.9 Å². The van der Waals surface area contributed by atoms with Gasteiger partial charge >= 0.3 is 0 Å². The average molecular weight is 502 g/mol. The molecule has 1 fully saturated rings. The molecule has 1 amide bonds. The van der Waals surface area contributed by atoms with Gasteiger partial charge in [-0.3, -0.25) is 9.69 Å². The highest BCUT2D eigenvalue weighted by molar-refractivity contribution is 5.95. The first kappa shape index (κ1) is 24.1. The lowest BCUT2D eigenvalue weighted by Gasteiger charge is -2.13. The summed E-state index contributed by atoms with van der Waals surface area (Å²) in [6.07, 6.45) is 3.76. The second kappa shape index (κ2) is 11.0. The van der Waals surface area contributed by atoms with Crippen molar-refractivity contribution in [1.29, 1.82) is 0 Å². The minimum atomic E-state index is -0.504. The van der Waals surface area contributed by atoms with Crippen molar-refractivity contribution in [1.82, 2.24) is 35.6 Å². The summed E-state index contributed by atoms with van der Waals surface area (Å²) < 4.78 is 11.7. The first-order valence-corrected chi connectivity index (χ1v) is 11.9. The zero-order chi connectivity index (χ0) is 25.6. The van der Waals surface area contributed by atoms with E-state index in [4.69, 9.17) is 10.5 Å². The van der Waals surface area contributed by atoms with Gasteiger partial charge in [-0.1, -0.05) is 35.0 Å². The van der Waals surface area contributed by atoms with Crippen molar-refractivity contribution < 1.29 is 14.2 Å². The van der Waals surface area contributed by atoms with Crippen LogP contribution in [0, 0.1) is 6.92 Å². The van der Waals surface area contributed by atoms with Crippen LogP contribution >= 0.6 is 0 Å². The van der Waals surface area contributed by atoms with Gasteiger partial charge in [0.05, 0.1) is 6.21 Å². The molecule has 12 heteroatoms. The fourth-order valence-corrected chi connectivity index (χ4v) is 4.00. The minimum absolute atomic E-state index is 0.000129. The number of hydrogen-bond donors (Lipinski definition) is 2. The number of aromatic nitrogens is 5. The van der Waals surface area contributed by atoms with Gasteiger partial charge in [0.2, 0.25) is 11.6 Å². The number of amides is 1. The van der Waals surface area contributed by atoms with Crippen LogP contribution in [-0.4, -0.2) is 55.4 Å². The molecule has 5 rings (SSSR count). The zero-order valence-electron chi connectivity index (χ0n) is 20.4. The third-order valence-electron chi connectivity index (χ3n) is 6.01. The molecule has 0 atom stereocenters. The monoisotopic (exact) mass is 501 g/mol. The Morgan fingerprint density at radius 1 is 1.14 bits per heavy atom. The van der Waals surface area contributed by atoms with E-state index < -0.39 is 5.91 Å². The predicted molar refractivity (Wildman–Crippen MR) is 135 cm³/mol. The molecule has 1 aliphatic heterocycles. The van der Waals surface area contributed by atoms with Crippen LogP contribution in [-0.2, 0) is 13.2 Å². The molecule has 0 radical (unpaired) electrons. The SMILES string of the molecule is Cc1ccc(COc2ccc(/C=N/NC(=O)c3c(CN4CCCC4)nnn3-c3nonc3N)cc2)cc1. The zero-order valence-corrected chi connectivity index (χ0v) is 20.4. The summed E-state index contributed by atoms with van der Waals surface area (Å²) in [6.45, 7) is 4.88. The van der Waals surface area contributed by atoms with E-state index in [0.29, 0.717) is 18.8 Å². The molecule has 0 spiro atoms. The van der Waals surface area contributed by atoms with Crippen molar-refractivity contribution in [2.75, 3.05) is 18.8 Å². The normalized spacial score (nSPS) is 13.9. The van der Waals surface area contributed by atoms with Crippen LogP contribution in [0.5, 0.6) is 5.75 Å². The van der Waals surface area contributed by atoms with Crippen LogP contribution in [0.4, 0.5) is 5.82 Å². The Bertz CT molecular complexity index is 1370. The molecule has 37 heavy (non-hydrogen) atoms. The number of aryl methyl sites for hydroxylation is 1. The summed E-state index contributed by atoms with van der Waals surface area (Å²) in [5.41, 5.74) is 12.1. The quantitative estimate of drug-likeness (QED) is 0.260. The fraction of sp³-hybridized carbons (Fsp3) is 0.280. The molecule has 0 unspecified atom stereocenters. The lowest BCUT2D eigenvalue weighted by Crippen LogP contribution is -2.26. The summed E-state index contributed by atoms with van der Waals surface area (Å²) in [5, 5.41) is 19.7. The highest BCUT2D eigenvalue weighted by Crippen LogP contribution is 2.19. The van der Waals surface area contributed by atoms with Crippen LogP contribution in [0.2, 0.25) is 0 Å². The molecular weight excluding hydrogens is 474 g/mol. The summed E-state index contributed by atoms with van der Waals surface area (Å²) in [7, 11) is 0. The van der Waals surface area contributed by atoms with Crippen molar-refractivity contribution in [3.8, 4) is 11.6 Å². The maximum atomic E-state index is 13.1. The van der Waals surface area contributed by atoms with Gasteiger partial charge < -0.3 is 10.5 Å². The molecule has 2 aromatic heterocycles. The molecule has 3 N–H and O–H groups in total. The number of hydrogen-bond acceptors (Lipinski definition) is 10. The Labute approximate surface area is 213 Å². The smallest absolute Gasteiger partial charge is 0.292 e. The maximum absolute atomic E-state index is 13.1. The van der Waals surface area contributed by atoms with Crippen molar-refractivity contribution in [2.24, 2.45) is 5.10 Å². The van der Waals surface area contributed by atoms with Gasteiger partial charge in [0.15, 0.2) is 5.69 Å². The number of benzene rings is 2. The van der Waals surface area contributed by atoms with Crippen molar-refractivity contribution in [2.45, 2.75) is 32.9 Å². The van der Waals surface area contributed by atoms with Crippen molar-refractivity contribution in [3.63, 3.8) is 0 Å². The number of nitrogens with two attached hydrogens (primary N) is 1. The minimum Gasteiger partial charge on any atom is -0.489 e. The second-order valence-corrected chi connectivity index (χ2v) is 8.80. The van der Waals surface area contributed by atoms with Crippen molar-refractivity contribution >= 4 is 17.9 Å². The van der Waals surface area contributed by atoms with Gasteiger partial charge in [0.1, 0.15) is 18.1 Å². The molecule has 190 valence electrons. The second-order valence-electron chi connectivity index (χ2n) is 8.80. The molecule has 0 saturated carbocycles. The summed E-state index contributed by atoms with van der Waals surface area (Å²) in [6, 6.07) is 15.6. The molecule has 0 bridgehead atoms. The van der Waals surface area contributed by atoms with Crippen molar-refractivity contribution in [3.05, 3.63) is 76.6 Å². The summed E-state index contributed by atoms with van der Waals surface area (Å²) in [4.78, 5) is 15.3. The number of nitrogen functional groups attached to an aromatic ring is 1. The number of hydrazone groups is 1. The molecule has 3 heterocycles. The van der Waals surface area contributed by atoms with E-state index in [0.717, 1.165) is 42.8 Å². The molecule has 12 nitrogen and oxygen atoms in total. The fourth-order valence-electron chi connectivity index (χ4n) is 4.00. The number of rotatable bonds is 9. The van der Waals surface area contributed by atoms with Gasteiger partial charge in [-0.25, -0.2) is 10.1 Å². The van der Waals surface area contributed by atoms with E-state index in [1.165, 1.54) is 10.2 Å². The maximum Gasteiger partial charge on any atom is 0.292 e. The standard InChI is InChI=1S/C25H27N9O3/c1-17-4-6-19(7-5-17)16-36-20-10-8-18(9-11-20)14-27-29-25(35)22-21(15-33-12-2-3-13-33)28-32-34(22)24-23(26)30-37-31-24/h4-11,14H,2-3,12-13,15-16H2,1H3,(H2,26,30)(H,29,35)/b27-14+. The van der Waals surface area contributed by atoms with Gasteiger partial charge in [0.25, 0.3) is 5.91 Å². The number of carbonyl (C=O) groups is 1. The van der Waals surface area contributed by atoms with Gasteiger partial charge in [-0.15, -0.1) is 5.10 Å². The average Bonchev–Trinajstić information content (AvgIpc) is 3.66. The van der Waals surface area contributed by atoms with Gasteiger partial charge in [-0.05, 0) is 78.6 Å². The highest BCUT2D eigenvalue weighted by atomic mass is 16.6. The molecule has 0 aliphatic carbocycles. The first-order valence-electron chi connectivity index (χ1n) is 11.9. The van der Waals surface area contributed by atoms with E-state index in [1.807, 2.05) is 36.4 Å². The van der Waals surface area contributed by atoms with Crippen LogP contribution in [0.25, 0.3) is 5.82 Å². The Balaban J connectivity index is 1.24. The van der Waals surface area contributed by atoms with Crippen LogP contribution in [0.15, 0.2) is 58.3 Å². The number of nitrogens with one attached hydrogen (secondary N) is 1.